The van der Waals surface area contributed by atoms with Crippen LogP contribution >= 0.6 is 0 Å². The molecule has 120 valence electrons. The second-order valence-electron chi connectivity index (χ2n) is 5.11. The highest BCUT2D eigenvalue weighted by Gasteiger charge is 2.14. The molecule has 0 saturated heterocycles. The van der Waals surface area contributed by atoms with Gasteiger partial charge in [-0.15, -0.1) is 0 Å². The number of hydrogen-bond donors (Lipinski definition) is 2. The number of allylic oxidation sites excluding steroid dienone is 2. The van der Waals surface area contributed by atoms with Crippen LogP contribution in [0.15, 0.2) is 72.6 Å². The van der Waals surface area contributed by atoms with Crippen LogP contribution in [-0.4, -0.2) is 10.2 Å². The van der Waals surface area contributed by atoms with E-state index in [0.717, 1.165) is 11.1 Å². The number of aliphatic hydroxyl groups is 2. The maximum Gasteiger partial charge on any atom is 0.288 e. The van der Waals surface area contributed by atoms with Gasteiger partial charge in [-0.05, 0) is 24.0 Å². The Hall–Kier alpha value is -2.68. The van der Waals surface area contributed by atoms with Crippen LogP contribution in [0.2, 0.25) is 0 Å². The fourth-order valence-electron chi connectivity index (χ4n) is 2.45. The van der Waals surface area contributed by atoms with Crippen molar-refractivity contribution in [3.05, 3.63) is 83.7 Å². The molecular formula is C20H22O3. The molecule has 0 saturated carbocycles. The normalized spacial score (nSPS) is 13.1. The van der Waals surface area contributed by atoms with Gasteiger partial charge >= 0.3 is 0 Å². The fraction of sp³-hybridized carbons (Fsp3) is 0.200. The van der Waals surface area contributed by atoms with Crippen LogP contribution in [0.3, 0.4) is 0 Å². The van der Waals surface area contributed by atoms with Gasteiger partial charge in [0, 0.05) is 11.1 Å². The smallest absolute Gasteiger partial charge is 0.288 e. The predicted octanol–water partition coefficient (Wildman–Crippen LogP) is 5.68. The Morgan fingerprint density at radius 2 is 1.04 bits per heavy atom. The second kappa shape index (κ2) is 8.08. The Kier molecular flexibility index (Phi) is 5.87. The number of rotatable bonds is 6. The van der Waals surface area contributed by atoms with Crippen molar-refractivity contribution in [3.63, 3.8) is 0 Å². The molecule has 0 amide bonds. The summed E-state index contributed by atoms with van der Waals surface area (Å²) in [5, 5.41) is 20.6. The predicted molar refractivity (Wildman–Crippen MR) is 93.6 cm³/mol. The van der Waals surface area contributed by atoms with Crippen LogP contribution in [0.4, 0.5) is 0 Å². The van der Waals surface area contributed by atoms with E-state index in [4.69, 9.17) is 4.74 Å². The molecule has 0 unspecified atom stereocenters. The Morgan fingerprint density at radius 3 is 1.35 bits per heavy atom. The summed E-state index contributed by atoms with van der Waals surface area (Å²) in [4.78, 5) is 0. The van der Waals surface area contributed by atoms with Crippen molar-refractivity contribution in [2.45, 2.75) is 26.7 Å². The monoisotopic (exact) mass is 310 g/mol. The molecule has 0 bridgehead atoms. The molecule has 2 rings (SSSR count). The van der Waals surface area contributed by atoms with E-state index in [2.05, 4.69) is 0 Å². The van der Waals surface area contributed by atoms with Gasteiger partial charge in [-0.3, -0.25) is 0 Å². The van der Waals surface area contributed by atoms with E-state index in [0.29, 0.717) is 24.0 Å². The lowest BCUT2D eigenvalue weighted by atomic mass is 10.0. The van der Waals surface area contributed by atoms with E-state index < -0.39 is 0 Å². The molecule has 0 aliphatic rings. The summed E-state index contributed by atoms with van der Waals surface area (Å²) < 4.78 is 5.34. The molecule has 23 heavy (non-hydrogen) atoms. The van der Waals surface area contributed by atoms with Gasteiger partial charge in [-0.1, -0.05) is 74.5 Å². The minimum Gasteiger partial charge on any atom is -0.480 e. The minimum atomic E-state index is -0.266. The molecule has 3 heteroatoms. The third kappa shape index (κ3) is 4.16. The summed E-state index contributed by atoms with van der Waals surface area (Å²) in [5.41, 5.74) is 3.05. The third-order valence-corrected chi connectivity index (χ3v) is 3.66. The van der Waals surface area contributed by atoms with Gasteiger partial charge < -0.3 is 14.9 Å². The number of ether oxygens (including phenoxy) is 1. The van der Waals surface area contributed by atoms with Crippen molar-refractivity contribution in [3.8, 4) is 0 Å². The third-order valence-electron chi connectivity index (χ3n) is 3.66. The molecule has 0 atom stereocenters. The largest absolute Gasteiger partial charge is 0.480 e. The molecular weight excluding hydrogens is 288 g/mol. The molecule has 2 aromatic rings. The highest BCUT2D eigenvalue weighted by molar-refractivity contribution is 5.68. The zero-order valence-corrected chi connectivity index (χ0v) is 13.5. The molecule has 0 aromatic heterocycles. The van der Waals surface area contributed by atoms with Crippen LogP contribution in [0, 0.1) is 0 Å². The lowest BCUT2D eigenvalue weighted by Crippen LogP contribution is -2.00. The fourth-order valence-corrected chi connectivity index (χ4v) is 2.45. The van der Waals surface area contributed by atoms with E-state index in [9.17, 15) is 10.2 Å². The minimum absolute atomic E-state index is 0.266. The lowest BCUT2D eigenvalue weighted by molar-refractivity contribution is 0.0712. The van der Waals surface area contributed by atoms with Crippen LogP contribution < -0.4 is 0 Å². The average Bonchev–Trinajstić information content (AvgIpc) is 2.58. The van der Waals surface area contributed by atoms with Crippen molar-refractivity contribution in [2.75, 3.05) is 0 Å². The zero-order valence-electron chi connectivity index (χ0n) is 13.5. The summed E-state index contributed by atoms with van der Waals surface area (Å²) in [6, 6.07) is 19.0. The maximum absolute atomic E-state index is 10.3. The molecule has 0 aliphatic heterocycles. The summed E-state index contributed by atoms with van der Waals surface area (Å²) in [6.45, 7) is 3.86. The standard InChI is InChI=1S/C20H22O3/c1-3-17(15-11-7-5-8-12-15)19(21)23-20(22)18(4-2)16-13-9-6-10-14-16/h5-14,21-22H,3-4H2,1-2H3/b19-17+,20-18+. The SMILES string of the molecule is CC/C(=C(/O)O/C(O)=C(\CC)c1ccccc1)c1ccccc1. The molecule has 0 aliphatic carbocycles. The van der Waals surface area contributed by atoms with E-state index in [1.165, 1.54) is 0 Å². The second-order valence-corrected chi connectivity index (χ2v) is 5.11. The molecule has 0 spiro atoms. The summed E-state index contributed by atoms with van der Waals surface area (Å²) in [6.07, 6.45) is 1.19. The van der Waals surface area contributed by atoms with Gasteiger partial charge in [0.25, 0.3) is 11.9 Å². The van der Waals surface area contributed by atoms with Gasteiger partial charge in [-0.25, -0.2) is 0 Å². The van der Waals surface area contributed by atoms with E-state index in [1.807, 2.05) is 74.5 Å². The van der Waals surface area contributed by atoms with E-state index in [-0.39, 0.29) is 11.9 Å². The first-order valence-corrected chi connectivity index (χ1v) is 7.80. The number of aliphatic hydroxyl groups excluding tert-OH is 2. The Balaban J connectivity index is 2.34. The molecule has 2 N–H and O–H groups in total. The van der Waals surface area contributed by atoms with E-state index >= 15 is 0 Å². The van der Waals surface area contributed by atoms with Crippen LogP contribution in [0.1, 0.15) is 37.8 Å². The molecule has 2 aromatic carbocycles. The Morgan fingerprint density at radius 1 is 0.696 bits per heavy atom. The summed E-state index contributed by atoms with van der Waals surface area (Å²) >= 11 is 0. The highest BCUT2D eigenvalue weighted by atomic mass is 16.7. The molecule has 0 fully saturated rings. The van der Waals surface area contributed by atoms with Gasteiger partial charge in [0.15, 0.2) is 0 Å². The number of benzene rings is 2. The first-order valence-electron chi connectivity index (χ1n) is 7.80. The number of hydrogen-bond acceptors (Lipinski definition) is 3. The summed E-state index contributed by atoms with van der Waals surface area (Å²) in [7, 11) is 0. The van der Waals surface area contributed by atoms with Crippen LogP contribution in [-0.2, 0) is 4.74 Å². The summed E-state index contributed by atoms with van der Waals surface area (Å²) in [5.74, 6) is -0.531. The first kappa shape index (κ1) is 16.7. The Bertz CT molecular complexity index is 624. The van der Waals surface area contributed by atoms with Crippen molar-refractivity contribution >= 4 is 11.1 Å². The average molecular weight is 310 g/mol. The lowest BCUT2D eigenvalue weighted by Gasteiger charge is -2.12. The van der Waals surface area contributed by atoms with Gasteiger partial charge in [-0.2, -0.15) is 0 Å². The maximum atomic E-state index is 10.3. The van der Waals surface area contributed by atoms with Gasteiger partial charge in [0.2, 0.25) is 0 Å². The quantitative estimate of drug-likeness (QED) is 0.675. The van der Waals surface area contributed by atoms with E-state index in [1.54, 1.807) is 0 Å². The molecule has 0 radical (unpaired) electrons. The van der Waals surface area contributed by atoms with Crippen molar-refractivity contribution in [1.82, 2.24) is 0 Å². The Labute approximate surface area is 137 Å². The highest BCUT2D eigenvalue weighted by Crippen LogP contribution is 2.26. The van der Waals surface area contributed by atoms with Crippen molar-refractivity contribution < 1.29 is 14.9 Å². The van der Waals surface area contributed by atoms with Crippen LogP contribution in [0.5, 0.6) is 0 Å². The molecule has 0 heterocycles. The molecule has 3 nitrogen and oxygen atoms in total. The van der Waals surface area contributed by atoms with Crippen LogP contribution in [0.25, 0.3) is 11.1 Å². The first-order chi connectivity index (χ1) is 11.2. The van der Waals surface area contributed by atoms with Crippen molar-refractivity contribution in [1.29, 1.82) is 0 Å². The van der Waals surface area contributed by atoms with Gasteiger partial charge in [0.05, 0.1) is 0 Å². The van der Waals surface area contributed by atoms with Crippen molar-refractivity contribution in [2.24, 2.45) is 0 Å². The van der Waals surface area contributed by atoms with Gasteiger partial charge in [0.1, 0.15) is 0 Å². The zero-order chi connectivity index (χ0) is 16.7. The topological polar surface area (TPSA) is 49.7 Å².